The number of carboxylic acid groups (broad SMARTS) is 1. The zero-order chi connectivity index (χ0) is 27.4. The lowest BCUT2D eigenvalue weighted by Gasteiger charge is -2.25. The number of fused-ring (bicyclic) bond motifs is 1. The Hall–Kier alpha value is -3.50. The average molecular weight is 559 g/mol. The third kappa shape index (κ3) is 6.49. The molecule has 2 aromatic carbocycles. The van der Waals surface area contributed by atoms with E-state index < -0.39 is 17.5 Å². The Morgan fingerprint density at radius 3 is 2.58 bits per heavy atom. The first-order valence-corrected chi connectivity index (χ1v) is 13.1. The van der Waals surface area contributed by atoms with Crippen LogP contribution >= 0.6 is 23.4 Å². The van der Waals surface area contributed by atoms with Gasteiger partial charge in [-0.25, -0.2) is 4.98 Å². The van der Waals surface area contributed by atoms with Gasteiger partial charge in [0.2, 0.25) is 0 Å². The minimum atomic E-state index is -1.07. The van der Waals surface area contributed by atoms with E-state index in [2.05, 4.69) is 4.98 Å². The van der Waals surface area contributed by atoms with E-state index in [1.54, 1.807) is 32.0 Å². The molecule has 1 aliphatic rings. The highest BCUT2D eigenvalue weighted by Gasteiger charge is 2.29. The van der Waals surface area contributed by atoms with Gasteiger partial charge in [-0.1, -0.05) is 23.7 Å². The topological polar surface area (TPSA) is 117 Å². The number of carbonyl (C=O) groups excluding carboxylic acids is 1. The summed E-state index contributed by atoms with van der Waals surface area (Å²) in [4.78, 5) is 41.1. The van der Waals surface area contributed by atoms with Gasteiger partial charge in [-0.3, -0.25) is 19.0 Å². The fourth-order valence-electron chi connectivity index (χ4n) is 3.92. The van der Waals surface area contributed by atoms with E-state index in [9.17, 15) is 14.4 Å². The molecule has 2 heterocycles. The Bertz CT molecular complexity index is 1410. The molecule has 1 aromatic heterocycles. The third-order valence-corrected chi connectivity index (χ3v) is 7.44. The minimum absolute atomic E-state index is 0.00456. The predicted octanol–water partition coefficient (Wildman–Crippen LogP) is 4.85. The monoisotopic (exact) mass is 558 g/mol. The number of benzene rings is 2. The zero-order valence-corrected chi connectivity index (χ0v) is 22.7. The van der Waals surface area contributed by atoms with Crippen LogP contribution in [0.25, 0.3) is 5.69 Å². The largest absolute Gasteiger partial charge is 0.493 e. The Labute approximate surface area is 228 Å². The van der Waals surface area contributed by atoms with Crippen molar-refractivity contribution < 1.29 is 28.9 Å². The van der Waals surface area contributed by atoms with Crippen molar-refractivity contribution in [2.24, 2.45) is 0 Å². The smallest absolute Gasteiger partial charge is 0.307 e. The maximum atomic E-state index is 13.4. The summed E-state index contributed by atoms with van der Waals surface area (Å²) in [5.74, 6) is -0.915. The summed E-state index contributed by atoms with van der Waals surface area (Å²) in [6.07, 6.45) is 1.65. The summed E-state index contributed by atoms with van der Waals surface area (Å²) in [5, 5.41) is 9.48. The molecule has 1 N–H and O–H groups in total. The van der Waals surface area contributed by atoms with E-state index >= 15 is 0 Å². The van der Waals surface area contributed by atoms with Gasteiger partial charge in [0.15, 0.2) is 11.5 Å². The molecular formula is C27H27ClN2O7S. The highest BCUT2D eigenvalue weighted by Crippen LogP contribution is 2.44. The van der Waals surface area contributed by atoms with Crippen LogP contribution in [0.15, 0.2) is 58.5 Å². The van der Waals surface area contributed by atoms with Gasteiger partial charge in [-0.15, -0.1) is 11.8 Å². The predicted molar refractivity (Wildman–Crippen MR) is 143 cm³/mol. The normalized spacial score (nSPS) is 14.6. The van der Waals surface area contributed by atoms with Crippen LogP contribution in [-0.2, 0) is 20.7 Å². The van der Waals surface area contributed by atoms with Crippen molar-refractivity contribution in [2.45, 2.75) is 48.9 Å². The first kappa shape index (κ1) is 27.5. The first-order chi connectivity index (χ1) is 18.1. The third-order valence-electron chi connectivity index (χ3n) is 5.82. The fourth-order valence-corrected chi connectivity index (χ4v) is 5.33. The number of ether oxygens (including phenoxy) is 3. The molecule has 38 heavy (non-hydrogen) atoms. The summed E-state index contributed by atoms with van der Waals surface area (Å²) >= 11 is 7.51. The molecule has 0 aliphatic carbocycles. The standard InChI is InChI=1S/C27H27ClN2O7S/c1-27(2,37-24(33)11-10-23(31)32)14-36-20-9-8-18(12-21(20)35-3)30-15-29-19-13-22(38-25(19)26(30)34)16-4-6-17(28)7-5-16/h4-9,12,15,22H,10-11,13-14H2,1-3H3,(H,31,32). The van der Waals surface area contributed by atoms with Crippen molar-refractivity contribution in [1.82, 2.24) is 9.55 Å². The molecule has 0 bridgehead atoms. The van der Waals surface area contributed by atoms with E-state index in [-0.39, 0.29) is 30.3 Å². The Morgan fingerprint density at radius 2 is 1.89 bits per heavy atom. The maximum absolute atomic E-state index is 13.4. The number of thioether (sulfide) groups is 1. The number of halogens is 1. The van der Waals surface area contributed by atoms with Gasteiger partial charge in [0, 0.05) is 22.8 Å². The van der Waals surface area contributed by atoms with Crippen molar-refractivity contribution in [3.05, 3.63) is 75.4 Å². The quantitative estimate of drug-likeness (QED) is 0.348. The molecule has 1 atom stereocenters. The van der Waals surface area contributed by atoms with Crippen LogP contribution in [0.5, 0.6) is 11.5 Å². The number of esters is 1. The lowest BCUT2D eigenvalue weighted by atomic mass is 10.1. The summed E-state index contributed by atoms with van der Waals surface area (Å²) in [6, 6.07) is 12.7. The van der Waals surface area contributed by atoms with Gasteiger partial charge in [0.25, 0.3) is 5.56 Å². The van der Waals surface area contributed by atoms with Gasteiger partial charge in [0.05, 0.1) is 36.2 Å². The van der Waals surface area contributed by atoms with Crippen LogP contribution in [-0.4, -0.2) is 45.9 Å². The maximum Gasteiger partial charge on any atom is 0.307 e. The Morgan fingerprint density at radius 1 is 1.16 bits per heavy atom. The molecule has 0 radical (unpaired) electrons. The number of hydrogen-bond donors (Lipinski definition) is 1. The molecule has 0 amide bonds. The van der Waals surface area contributed by atoms with Crippen LogP contribution in [0.4, 0.5) is 0 Å². The van der Waals surface area contributed by atoms with E-state index in [0.29, 0.717) is 33.5 Å². The van der Waals surface area contributed by atoms with Crippen molar-refractivity contribution in [2.75, 3.05) is 13.7 Å². The number of carbonyl (C=O) groups is 2. The molecule has 11 heteroatoms. The van der Waals surface area contributed by atoms with E-state index in [0.717, 1.165) is 11.3 Å². The summed E-state index contributed by atoms with van der Waals surface area (Å²) in [6.45, 7) is 3.33. The molecule has 1 unspecified atom stereocenters. The highest BCUT2D eigenvalue weighted by atomic mass is 35.5. The van der Waals surface area contributed by atoms with Crippen molar-refractivity contribution in [3.63, 3.8) is 0 Å². The van der Waals surface area contributed by atoms with Gasteiger partial charge in [-0.2, -0.15) is 0 Å². The molecule has 0 spiro atoms. The molecule has 4 rings (SSSR count). The second kappa shape index (κ2) is 11.5. The fraction of sp³-hybridized carbons (Fsp3) is 0.333. The van der Waals surface area contributed by atoms with Gasteiger partial charge in [-0.05, 0) is 43.7 Å². The number of nitrogens with zero attached hydrogens (tertiary/aromatic N) is 2. The number of rotatable bonds is 10. The summed E-state index contributed by atoms with van der Waals surface area (Å²) in [5.41, 5.74) is 1.24. The molecule has 0 saturated heterocycles. The minimum Gasteiger partial charge on any atom is -0.493 e. The number of methoxy groups -OCH3 is 1. The van der Waals surface area contributed by atoms with Gasteiger partial charge < -0.3 is 19.3 Å². The lowest BCUT2D eigenvalue weighted by Crippen LogP contribution is -2.35. The molecule has 0 fully saturated rings. The second-order valence-corrected chi connectivity index (χ2v) is 11.0. The number of aliphatic carboxylic acids is 1. The average Bonchev–Trinajstić information content (AvgIpc) is 3.32. The highest BCUT2D eigenvalue weighted by molar-refractivity contribution is 7.99. The van der Waals surface area contributed by atoms with Crippen LogP contribution in [0, 0.1) is 0 Å². The number of hydrogen-bond acceptors (Lipinski definition) is 8. The van der Waals surface area contributed by atoms with Crippen LogP contribution < -0.4 is 15.0 Å². The SMILES string of the molecule is COc1cc(-n2cnc3c(c2=O)SC(c2ccc(Cl)cc2)C3)ccc1OCC(C)(C)OC(=O)CCC(=O)O. The van der Waals surface area contributed by atoms with Crippen LogP contribution in [0.3, 0.4) is 0 Å². The van der Waals surface area contributed by atoms with Crippen LogP contribution in [0.1, 0.15) is 43.2 Å². The molecule has 3 aromatic rings. The first-order valence-electron chi connectivity index (χ1n) is 11.8. The Kier molecular flexibility index (Phi) is 8.32. The lowest BCUT2D eigenvalue weighted by molar-refractivity contribution is -0.161. The Balaban J connectivity index is 1.48. The number of aromatic nitrogens is 2. The summed E-state index contributed by atoms with van der Waals surface area (Å²) in [7, 11) is 1.49. The second-order valence-electron chi connectivity index (χ2n) is 9.31. The molecular weight excluding hydrogens is 532 g/mol. The molecule has 200 valence electrons. The number of carboxylic acids is 1. The van der Waals surface area contributed by atoms with E-state index in [4.69, 9.17) is 30.9 Å². The van der Waals surface area contributed by atoms with Crippen molar-refractivity contribution in [3.8, 4) is 17.2 Å². The zero-order valence-electron chi connectivity index (χ0n) is 21.1. The van der Waals surface area contributed by atoms with E-state index in [1.807, 2.05) is 24.3 Å². The van der Waals surface area contributed by atoms with Gasteiger partial charge in [0.1, 0.15) is 18.5 Å². The van der Waals surface area contributed by atoms with Crippen molar-refractivity contribution in [1.29, 1.82) is 0 Å². The van der Waals surface area contributed by atoms with Gasteiger partial charge >= 0.3 is 11.9 Å². The molecule has 9 nitrogen and oxygen atoms in total. The summed E-state index contributed by atoms with van der Waals surface area (Å²) < 4.78 is 18.2. The molecule has 1 aliphatic heterocycles. The molecule has 0 saturated carbocycles. The van der Waals surface area contributed by atoms with Crippen LogP contribution in [0.2, 0.25) is 5.02 Å². The van der Waals surface area contributed by atoms with E-state index in [1.165, 1.54) is 29.8 Å². The van der Waals surface area contributed by atoms with Crippen molar-refractivity contribution >= 4 is 35.3 Å².